The quantitative estimate of drug-likeness (QED) is 0.204. The van der Waals surface area contributed by atoms with E-state index in [2.05, 4.69) is 0 Å². The molecule has 12 heteroatoms. The van der Waals surface area contributed by atoms with Gasteiger partial charge in [0.25, 0.3) is 0 Å². The predicted octanol–water partition coefficient (Wildman–Crippen LogP) is 2.28. The number of aryl methyl sites for hydroxylation is 1. The van der Waals surface area contributed by atoms with Crippen molar-refractivity contribution in [2.45, 2.75) is 65.1 Å². The molecular formula is C31H34O11Te. The molecule has 0 unspecified atom stereocenters. The Morgan fingerprint density at radius 1 is 0.744 bits per heavy atom. The monoisotopic (exact) mass is 712 g/mol. The Morgan fingerprint density at radius 3 is 1.81 bits per heavy atom. The van der Waals surface area contributed by atoms with E-state index in [0.29, 0.717) is 5.56 Å². The number of rotatable bonds is 10. The summed E-state index contributed by atoms with van der Waals surface area (Å²) < 4.78 is 35.0. The molecule has 230 valence electrons. The van der Waals surface area contributed by atoms with Crippen LogP contribution in [-0.2, 0) is 47.6 Å². The molecule has 1 heterocycles. The van der Waals surface area contributed by atoms with Gasteiger partial charge in [0.15, 0.2) is 0 Å². The van der Waals surface area contributed by atoms with Crippen LogP contribution >= 0.6 is 0 Å². The molecule has 0 N–H and O–H groups in total. The van der Waals surface area contributed by atoms with Gasteiger partial charge in [0.2, 0.25) is 0 Å². The van der Waals surface area contributed by atoms with Crippen molar-refractivity contribution in [1.82, 2.24) is 0 Å². The van der Waals surface area contributed by atoms with Crippen LogP contribution in [0.5, 0.6) is 0 Å². The SMILES string of the molecule is COC(=O)c1ccc(/C(=C\[C@H]2O[C@H](COC(C)=O)[C@@H](OC(C)=O)[C@H](OC(C)=O)[C@H]2OC(C)=O)[Te]c2ccc(C)cc2)cc1. The van der Waals surface area contributed by atoms with Crippen LogP contribution in [0.2, 0.25) is 0 Å². The summed E-state index contributed by atoms with van der Waals surface area (Å²) in [5.41, 5.74) is 2.25. The van der Waals surface area contributed by atoms with Crippen LogP contribution in [0, 0.1) is 6.92 Å². The molecule has 2 aromatic carbocycles. The molecule has 5 atom stereocenters. The van der Waals surface area contributed by atoms with Crippen LogP contribution in [0.1, 0.15) is 49.2 Å². The first-order chi connectivity index (χ1) is 20.4. The van der Waals surface area contributed by atoms with E-state index >= 15 is 0 Å². The van der Waals surface area contributed by atoms with Gasteiger partial charge in [0.1, 0.15) is 0 Å². The Kier molecular flexibility index (Phi) is 12.3. The molecule has 0 amide bonds. The summed E-state index contributed by atoms with van der Waals surface area (Å²) in [5, 5.41) is 0. The fraction of sp³-hybridized carbons (Fsp3) is 0.387. The molecule has 0 aromatic heterocycles. The normalized spacial score (nSPS) is 21.7. The van der Waals surface area contributed by atoms with Gasteiger partial charge < -0.3 is 0 Å². The molecule has 0 radical (unpaired) electrons. The number of hydrogen-bond donors (Lipinski definition) is 0. The van der Waals surface area contributed by atoms with E-state index < -0.39 is 81.3 Å². The van der Waals surface area contributed by atoms with E-state index in [1.165, 1.54) is 34.8 Å². The van der Waals surface area contributed by atoms with E-state index in [4.69, 9.17) is 28.4 Å². The second-order valence-corrected chi connectivity index (χ2v) is 12.9. The van der Waals surface area contributed by atoms with E-state index in [9.17, 15) is 24.0 Å². The van der Waals surface area contributed by atoms with Crippen molar-refractivity contribution in [2.24, 2.45) is 0 Å². The van der Waals surface area contributed by atoms with Gasteiger partial charge in [-0.25, -0.2) is 0 Å². The third-order valence-corrected chi connectivity index (χ3v) is 9.32. The van der Waals surface area contributed by atoms with Gasteiger partial charge in [-0.15, -0.1) is 0 Å². The van der Waals surface area contributed by atoms with Crippen molar-refractivity contribution < 1.29 is 52.4 Å². The third kappa shape index (κ3) is 9.92. The minimum absolute atomic E-state index is 0.319. The zero-order chi connectivity index (χ0) is 31.7. The number of esters is 5. The summed E-state index contributed by atoms with van der Waals surface area (Å²) in [6, 6.07) is 14.9. The maximum absolute atomic E-state index is 12.3. The molecule has 0 bridgehead atoms. The topological polar surface area (TPSA) is 141 Å². The van der Waals surface area contributed by atoms with Crippen molar-refractivity contribution >= 4 is 58.0 Å². The number of benzene rings is 2. The van der Waals surface area contributed by atoms with Crippen molar-refractivity contribution in [3.63, 3.8) is 0 Å². The molecular weight excluding hydrogens is 676 g/mol. The van der Waals surface area contributed by atoms with Crippen LogP contribution in [0.15, 0.2) is 54.6 Å². The standard InChI is InChI=1S/C31H34O11Te/c1-17-7-13-24(14-8-17)43-27(22-9-11-23(12-10-22)31(36)37-6)15-25-28(39-19(3)33)30(41-21(5)35)29(40-20(4)34)26(42-25)16-38-18(2)32/h7-15,25-26,28-30H,16H2,1-6H3/b27-15+/t25-,26-,28+,29-,30-/m1/s1. The molecule has 2 aromatic rings. The molecule has 1 aliphatic heterocycles. The molecule has 1 fully saturated rings. The van der Waals surface area contributed by atoms with Crippen molar-refractivity contribution in [3.8, 4) is 0 Å². The summed E-state index contributed by atoms with van der Waals surface area (Å²) in [5.74, 6) is -3.16. The molecule has 3 rings (SSSR count). The van der Waals surface area contributed by atoms with Crippen LogP contribution in [0.4, 0.5) is 0 Å². The van der Waals surface area contributed by atoms with Gasteiger partial charge in [-0.2, -0.15) is 0 Å². The first kappa shape index (κ1) is 33.8. The molecule has 1 saturated heterocycles. The Balaban J connectivity index is 2.16. The van der Waals surface area contributed by atoms with Crippen molar-refractivity contribution in [1.29, 1.82) is 0 Å². The van der Waals surface area contributed by atoms with Gasteiger partial charge in [0, 0.05) is 0 Å². The Hall–Kier alpha value is -3.72. The van der Waals surface area contributed by atoms with E-state index in [-0.39, 0.29) is 6.61 Å². The summed E-state index contributed by atoms with van der Waals surface area (Å²) >= 11 is -1.11. The average molecular weight is 710 g/mol. The van der Waals surface area contributed by atoms with E-state index in [1.807, 2.05) is 31.2 Å². The van der Waals surface area contributed by atoms with Gasteiger partial charge in [0.05, 0.1) is 0 Å². The number of hydrogen-bond acceptors (Lipinski definition) is 11. The van der Waals surface area contributed by atoms with Crippen LogP contribution < -0.4 is 3.61 Å². The zero-order valence-electron chi connectivity index (χ0n) is 24.7. The first-order valence-corrected chi connectivity index (χ1v) is 15.7. The summed E-state index contributed by atoms with van der Waals surface area (Å²) in [4.78, 5) is 60.2. The number of carbonyl (C=O) groups excluding carboxylic acids is 5. The minimum atomic E-state index is -1.27. The average Bonchev–Trinajstić information content (AvgIpc) is 2.94. The van der Waals surface area contributed by atoms with Crippen LogP contribution in [-0.4, -0.2) is 95.0 Å². The third-order valence-electron chi connectivity index (χ3n) is 6.18. The van der Waals surface area contributed by atoms with Gasteiger partial charge in [-0.05, 0) is 0 Å². The Bertz CT molecular complexity index is 1350. The zero-order valence-corrected chi connectivity index (χ0v) is 27.0. The number of methoxy groups -OCH3 is 1. The summed E-state index contributed by atoms with van der Waals surface area (Å²) in [7, 11) is 1.30. The Labute approximate surface area is 259 Å². The van der Waals surface area contributed by atoms with Gasteiger partial charge in [-0.1, -0.05) is 0 Å². The number of carbonyl (C=O) groups is 5. The molecule has 0 saturated carbocycles. The molecule has 1 aliphatic rings. The Morgan fingerprint density at radius 2 is 1.28 bits per heavy atom. The predicted molar refractivity (Wildman–Crippen MR) is 154 cm³/mol. The second kappa shape index (κ2) is 15.7. The second-order valence-electron chi connectivity index (χ2n) is 9.68. The number of ether oxygens (including phenoxy) is 6. The van der Waals surface area contributed by atoms with Gasteiger partial charge in [-0.3, -0.25) is 0 Å². The molecule has 0 spiro atoms. The summed E-state index contributed by atoms with van der Waals surface area (Å²) in [6.07, 6.45) is -4.02. The molecule has 43 heavy (non-hydrogen) atoms. The first-order valence-electron chi connectivity index (χ1n) is 13.3. The summed E-state index contributed by atoms with van der Waals surface area (Å²) in [6.45, 7) is 6.43. The van der Waals surface area contributed by atoms with Crippen molar-refractivity contribution in [3.05, 3.63) is 71.3 Å². The fourth-order valence-electron chi connectivity index (χ4n) is 4.36. The fourth-order valence-corrected chi connectivity index (χ4v) is 7.16. The maximum atomic E-state index is 12.3. The van der Waals surface area contributed by atoms with Crippen LogP contribution in [0.25, 0.3) is 3.62 Å². The molecule has 11 nitrogen and oxygen atoms in total. The van der Waals surface area contributed by atoms with E-state index in [0.717, 1.165) is 18.4 Å². The molecule has 0 aliphatic carbocycles. The van der Waals surface area contributed by atoms with Crippen molar-refractivity contribution in [2.75, 3.05) is 13.7 Å². The van der Waals surface area contributed by atoms with Crippen LogP contribution in [0.3, 0.4) is 0 Å². The van der Waals surface area contributed by atoms with Gasteiger partial charge >= 0.3 is 261 Å². The van der Waals surface area contributed by atoms with E-state index in [1.54, 1.807) is 30.3 Å².